The minimum Gasteiger partial charge on any atom is -0.355 e. The summed E-state index contributed by atoms with van der Waals surface area (Å²) in [5, 5.41) is 3.50. The average molecular weight is 195 g/mol. The number of hydrogen-bond donors (Lipinski definition) is 3. The largest absolute Gasteiger partial charge is 0.355 e. The van der Waals surface area contributed by atoms with Crippen molar-refractivity contribution in [1.82, 2.24) is 10.7 Å². The maximum atomic E-state index is 5.14. The van der Waals surface area contributed by atoms with Crippen LogP contribution in [0.2, 0.25) is 0 Å². The van der Waals surface area contributed by atoms with Gasteiger partial charge >= 0.3 is 0 Å². The highest BCUT2D eigenvalue weighted by Crippen LogP contribution is 2.10. The van der Waals surface area contributed by atoms with Crippen molar-refractivity contribution in [3.05, 3.63) is 35.9 Å². The van der Waals surface area contributed by atoms with Crippen molar-refractivity contribution in [2.45, 2.75) is 13.0 Å². The van der Waals surface area contributed by atoms with Gasteiger partial charge < -0.3 is 10.7 Å². The van der Waals surface area contributed by atoms with Crippen molar-refractivity contribution in [1.29, 1.82) is 0 Å². The zero-order valence-electron chi connectivity index (χ0n) is 7.45. The quantitative estimate of drug-likeness (QED) is 0.375. The van der Waals surface area contributed by atoms with Gasteiger partial charge in [0.1, 0.15) is 0 Å². The van der Waals surface area contributed by atoms with Crippen LogP contribution in [0.3, 0.4) is 0 Å². The Bertz CT molecular complexity index is 273. The zero-order valence-corrected chi connectivity index (χ0v) is 8.27. The molecule has 1 atom stereocenters. The van der Waals surface area contributed by atoms with Crippen LogP contribution in [-0.2, 0) is 0 Å². The van der Waals surface area contributed by atoms with Gasteiger partial charge in [-0.15, -0.1) is 0 Å². The van der Waals surface area contributed by atoms with Crippen molar-refractivity contribution in [2.75, 3.05) is 0 Å². The summed E-state index contributed by atoms with van der Waals surface area (Å²) in [7, 11) is 0. The van der Waals surface area contributed by atoms with Crippen molar-refractivity contribution in [2.24, 2.45) is 5.84 Å². The molecule has 3 nitrogen and oxygen atoms in total. The molecule has 4 N–H and O–H groups in total. The molecule has 13 heavy (non-hydrogen) atoms. The molecule has 0 aliphatic rings. The molecule has 0 radical (unpaired) electrons. The topological polar surface area (TPSA) is 50.1 Å². The normalized spacial score (nSPS) is 11.8. The second-order valence-corrected chi connectivity index (χ2v) is 3.16. The Hall–Kier alpha value is -1.13. The van der Waals surface area contributed by atoms with Crippen LogP contribution in [0.15, 0.2) is 30.3 Å². The highest BCUT2D eigenvalue weighted by atomic mass is 32.1. The second-order valence-electron chi connectivity index (χ2n) is 2.75. The number of rotatable bonds is 2. The number of nitrogens with two attached hydrogens (primary N) is 1. The average Bonchev–Trinajstić information content (AvgIpc) is 2.19. The summed E-state index contributed by atoms with van der Waals surface area (Å²) in [6.45, 7) is 2.03. The molecule has 0 aliphatic heterocycles. The molecule has 0 fully saturated rings. The SMILES string of the molecule is CC(NC(=S)NN)c1ccccc1. The fraction of sp³-hybridized carbons (Fsp3) is 0.222. The number of thiocarbonyl (C=S) groups is 1. The van der Waals surface area contributed by atoms with Crippen LogP contribution < -0.4 is 16.6 Å². The molecule has 0 bridgehead atoms. The first-order valence-corrected chi connectivity index (χ1v) is 4.47. The van der Waals surface area contributed by atoms with E-state index >= 15 is 0 Å². The van der Waals surface area contributed by atoms with E-state index in [2.05, 4.69) is 10.7 Å². The van der Waals surface area contributed by atoms with E-state index in [0.717, 1.165) is 0 Å². The summed E-state index contributed by atoms with van der Waals surface area (Å²) in [6.07, 6.45) is 0. The van der Waals surface area contributed by atoms with Crippen molar-refractivity contribution >= 4 is 17.3 Å². The number of hydrogen-bond acceptors (Lipinski definition) is 2. The van der Waals surface area contributed by atoms with Gasteiger partial charge in [0.15, 0.2) is 5.11 Å². The summed E-state index contributed by atoms with van der Waals surface area (Å²) in [5.74, 6) is 5.14. The van der Waals surface area contributed by atoms with E-state index < -0.39 is 0 Å². The van der Waals surface area contributed by atoms with E-state index in [0.29, 0.717) is 5.11 Å². The highest BCUT2D eigenvalue weighted by Gasteiger charge is 2.04. The standard InChI is InChI=1S/C9H13N3S/c1-7(11-9(13)12-10)8-5-3-2-4-6-8/h2-7H,10H2,1H3,(H2,11,12,13). The summed E-state index contributed by atoms with van der Waals surface area (Å²) in [4.78, 5) is 0. The van der Waals surface area contributed by atoms with Gasteiger partial charge in [-0.05, 0) is 24.7 Å². The zero-order chi connectivity index (χ0) is 9.68. The lowest BCUT2D eigenvalue weighted by molar-refractivity contribution is 0.703. The Morgan fingerprint density at radius 3 is 2.54 bits per heavy atom. The fourth-order valence-electron chi connectivity index (χ4n) is 1.06. The Morgan fingerprint density at radius 1 is 1.38 bits per heavy atom. The molecule has 0 saturated heterocycles. The van der Waals surface area contributed by atoms with E-state index in [4.69, 9.17) is 18.1 Å². The van der Waals surface area contributed by atoms with Crippen molar-refractivity contribution in [3.8, 4) is 0 Å². The lowest BCUT2D eigenvalue weighted by atomic mass is 10.1. The molecule has 1 unspecified atom stereocenters. The van der Waals surface area contributed by atoms with Crippen LogP contribution in [0.4, 0.5) is 0 Å². The molecule has 0 amide bonds. The van der Waals surface area contributed by atoms with Crippen LogP contribution >= 0.6 is 12.2 Å². The van der Waals surface area contributed by atoms with Crippen molar-refractivity contribution < 1.29 is 0 Å². The maximum Gasteiger partial charge on any atom is 0.181 e. The van der Waals surface area contributed by atoms with Crippen molar-refractivity contribution in [3.63, 3.8) is 0 Å². The van der Waals surface area contributed by atoms with E-state index in [1.54, 1.807) is 0 Å². The molecule has 1 aromatic carbocycles. The van der Waals surface area contributed by atoms with Crippen LogP contribution in [0, 0.1) is 0 Å². The molecule has 1 rings (SSSR count). The van der Waals surface area contributed by atoms with E-state index in [1.165, 1.54) is 5.56 Å². The fourth-order valence-corrected chi connectivity index (χ4v) is 1.24. The monoisotopic (exact) mass is 195 g/mol. The predicted octanol–water partition coefficient (Wildman–Crippen LogP) is 1.09. The van der Waals surface area contributed by atoms with E-state index in [1.807, 2.05) is 37.3 Å². The molecule has 70 valence electrons. The third kappa shape index (κ3) is 3.01. The maximum absolute atomic E-state index is 5.14. The number of nitrogens with one attached hydrogen (secondary N) is 2. The first-order chi connectivity index (χ1) is 6.24. The van der Waals surface area contributed by atoms with Crippen LogP contribution in [0.25, 0.3) is 0 Å². The Labute approximate surface area is 83.3 Å². The van der Waals surface area contributed by atoms with Gasteiger partial charge in [0.25, 0.3) is 0 Å². The Morgan fingerprint density at radius 2 is 2.00 bits per heavy atom. The van der Waals surface area contributed by atoms with Gasteiger partial charge in [0, 0.05) is 0 Å². The molecular formula is C9H13N3S. The molecule has 0 aromatic heterocycles. The molecule has 0 heterocycles. The minimum absolute atomic E-state index is 0.171. The molecule has 0 aliphatic carbocycles. The van der Waals surface area contributed by atoms with Gasteiger partial charge in [0.05, 0.1) is 6.04 Å². The first-order valence-electron chi connectivity index (χ1n) is 4.06. The molecule has 0 spiro atoms. The molecule has 1 aromatic rings. The summed E-state index contributed by atoms with van der Waals surface area (Å²) >= 11 is 4.88. The lowest BCUT2D eigenvalue weighted by Gasteiger charge is -2.15. The number of benzene rings is 1. The van der Waals surface area contributed by atoms with E-state index in [9.17, 15) is 0 Å². The lowest BCUT2D eigenvalue weighted by Crippen LogP contribution is -2.40. The predicted molar refractivity (Wildman–Crippen MR) is 57.9 cm³/mol. The van der Waals surface area contributed by atoms with E-state index in [-0.39, 0.29) is 6.04 Å². The Kier molecular flexibility index (Phi) is 3.67. The third-order valence-electron chi connectivity index (χ3n) is 1.78. The van der Waals surface area contributed by atoms with Gasteiger partial charge in [-0.3, -0.25) is 0 Å². The smallest absolute Gasteiger partial charge is 0.181 e. The van der Waals surface area contributed by atoms with Crippen LogP contribution in [0.5, 0.6) is 0 Å². The molecule has 0 saturated carbocycles. The second kappa shape index (κ2) is 4.79. The van der Waals surface area contributed by atoms with Gasteiger partial charge in [-0.25, -0.2) is 5.84 Å². The van der Waals surface area contributed by atoms with Gasteiger partial charge in [0.2, 0.25) is 0 Å². The first kappa shape index (κ1) is 9.95. The molecule has 4 heteroatoms. The summed E-state index contributed by atoms with van der Waals surface area (Å²) < 4.78 is 0. The van der Waals surface area contributed by atoms with Gasteiger partial charge in [-0.1, -0.05) is 30.3 Å². The van der Waals surface area contributed by atoms with Crippen LogP contribution in [-0.4, -0.2) is 5.11 Å². The third-order valence-corrected chi connectivity index (χ3v) is 2.01. The van der Waals surface area contributed by atoms with Crippen LogP contribution in [0.1, 0.15) is 18.5 Å². The highest BCUT2D eigenvalue weighted by molar-refractivity contribution is 7.80. The number of hydrazine groups is 1. The van der Waals surface area contributed by atoms with Gasteiger partial charge in [-0.2, -0.15) is 0 Å². The summed E-state index contributed by atoms with van der Waals surface area (Å²) in [5.41, 5.74) is 3.57. The summed E-state index contributed by atoms with van der Waals surface area (Å²) in [6, 6.07) is 10.2. The Balaban J connectivity index is 2.59. The minimum atomic E-state index is 0.171. The molecular weight excluding hydrogens is 182 g/mol.